The van der Waals surface area contributed by atoms with Gasteiger partial charge in [0, 0.05) is 12.0 Å². The quantitative estimate of drug-likeness (QED) is 0.654. The van der Waals surface area contributed by atoms with Crippen LogP contribution in [0, 0.1) is 0 Å². The largest absolute Gasteiger partial charge is 0.572 e. The zero-order valence-electron chi connectivity index (χ0n) is 6.89. The normalized spacial score (nSPS) is 25.4. The molecule has 0 aromatic rings. The minimum absolute atomic E-state index is 0.0666. The first-order valence-corrected chi connectivity index (χ1v) is 3.93. The second-order valence-electron chi connectivity index (χ2n) is 3.03. The number of fused-ring (bicyclic) bond motifs is 1. The van der Waals surface area contributed by atoms with Gasteiger partial charge in [0.25, 0.3) is 0 Å². The Hall–Kier alpha value is -1.46. The Labute approximate surface area is 77.2 Å². The Kier molecular flexibility index (Phi) is 1.80. The molecule has 3 nitrogen and oxygen atoms in total. The van der Waals surface area contributed by atoms with E-state index in [1.54, 1.807) is 0 Å². The first-order valence-electron chi connectivity index (χ1n) is 3.93. The topological polar surface area (TPSA) is 38.3 Å². The molecule has 0 aromatic carbocycles. The van der Waals surface area contributed by atoms with Crippen LogP contribution in [0.4, 0.5) is 13.2 Å². The van der Waals surface area contributed by atoms with Gasteiger partial charge in [-0.2, -0.15) is 0 Å². The number of ether oxygens (including phenoxy) is 1. The second kappa shape index (κ2) is 2.76. The maximum Gasteiger partial charge on any atom is 0.572 e. The van der Waals surface area contributed by atoms with Crippen molar-refractivity contribution in [3.05, 3.63) is 23.5 Å². The SMILES string of the molecule is O=C1NC2CC(OC(F)(F)F)=CC=C12. The fourth-order valence-corrected chi connectivity index (χ4v) is 1.43. The number of β-lactam (4-membered cyclic amide) rings is 1. The highest BCUT2D eigenvalue weighted by Crippen LogP contribution is 2.30. The minimum atomic E-state index is -4.66. The Bertz CT molecular complexity index is 343. The van der Waals surface area contributed by atoms with Gasteiger partial charge in [-0.3, -0.25) is 4.79 Å². The molecule has 1 unspecified atom stereocenters. The lowest BCUT2D eigenvalue weighted by Gasteiger charge is -2.33. The van der Waals surface area contributed by atoms with Crippen LogP contribution in [0.15, 0.2) is 23.5 Å². The average molecular weight is 205 g/mol. The van der Waals surface area contributed by atoms with Gasteiger partial charge in [0.1, 0.15) is 5.76 Å². The van der Waals surface area contributed by atoms with E-state index in [9.17, 15) is 18.0 Å². The van der Waals surface area contributed by atoms with Crippen LogP contribution >= 0.6 is 0 Å². The summed E-state index contributed by atoms with van der Waals surface area (Å²) in [6.45, 7) is 0. The van der Waals surface area contributed by atoms with Crippen molar-refractivity contribution in [1.82, 2.24) is 5.32 Å². The zero-order chi connectivity index (χ0) is 10.3. The fourth-order valence-electron chi connectivity index (χ4n) is 1.43. The van der Waals surface area contributed by atoms with Crippen LogP contribution in [0.25, 0.3) is 0 Å². The van der Waals surface area contributed by atoms with Crippen molar-refractivity contribution in [2.24, 2.45) is 0 Å². The van der Waals surface area contributed by atoms with E-state index in [1.807, 2.05) is 0 Å². The molecular weight excluding hydrogens is 199 g/mol. The first kappa shape index (κ1) is 9.11. The van der Waals surface area contributed by atoms with E-state index in [2.05, 4.69) is 10.1 Å². The molecule has 1 N–H and O–H groups in total. The van der Waals surface area contributed by atoms with Crippen LogP contribution in [0.2, 0.25) is 0 Å². The molecule has 0 bridgehead atoms. The molecule has 1 aliphatic heterocycles. The molecule has 14 heavy (non-hydrogen) atoms. The summed E-state index contributed by atoms with van der Waals surface area (Å²) in [6.07, 6.45) is -2.06. The summed E-state index contributed by atoms with van der Waals surface area (Å²) >= 11 is 0. The number of allylic oxidation sites excluding steroid dienone is 2. The van der Waals surface area contributed by atoms with E-state index < -0.39 is 6.36 Å². The molecule has 1 heterocycles. The van der Waals surface area contributed by atoms with Crippen LogP contribution in [0.3, 0.4) is 0 Å². The fraction of sp³-hybridized carbons (Fsp3) is 0.375. The first-order chi connectivity index (χ1) is 6.46. The van der Waals surface area contributed by atoms with E-state index in [1.165, 1.54) is 12.2 Å². The van der Waals surface area contributed by atoms with Gasteiger partial charge in [-0.25, -0.2) is 0 Å². The standard InChI is InChI=1S/C8H6F3NO2/c9-8(10,11)14-4-1-2-5-6(3-4)12-7(5)13/h1-2,6H,3H2,(H,12,13). The number of hydrogen-bond acceptors (Lipinski definition) is 2. The third-order valence-electron chi connectivity index (χ3n) is 2.04. The second-order valence-corrected chi connectivity index (χ2v) is 3.03. The van der Waals surface area contributed by atoms with E-state index in [0.717, 1.165) is 0 Å². The number of amides is 1. The highest BCUT2D eigenvalue weighted by molar-refractivity contribution is 6.02. The van der Waals surface area contributed by atoms with Crippen LogP contribution in [-0.2, 0) is 9.53 Å². The van der Waals surface area contributed by atoms with Gasteiger partial charge in [0.05, 0.1) is 6.04 Å². The lowest BCUT2D eigenvalue weighted by molar-refractivity contribution is -0.306. The number of rotatable bonds is 1. The highest BCUT2D eigenvalue weighted by Gasteiger charge is 2.38. The molecule has 2 rings (SSSR count). The van der Waals surface area contributed by atoms with Gasteiger partial charge in [-0.15, -0.1) is 13.2 Å². The van der Waals surface area contributed by atoms with Crippen molar-refractivity contribution in [2.75, 3.05) is 0 Å². The van der Waals surface area contributed by atoms with Crippen molar-refractivity contribution < 1.29 is 22.7 Å². The molecule has 6 heteroatoms. The van der Waals surface area contributed by atoms with Gasteiger partial charge < -0.3 is 10.1 Å². The van der Waals surface area contributed by atoms with E-state index >= 15 is 0 Å². The van der Waals surface area contributed by atoms with Gasteiger partial charge in [0.2, 0.25) is 5.91 Å². The molecular formula is C8H6F3NO2. The number of halogens is 3. The molecule has 1 saturated heterocycles. The molecule has 76 valence electrons. The molecule has 0 aromatic heterocycles. The maximum atomic E-state index is 11.8. The van der Waals surface area contributed by atoms with E-state index in [-0.39, 0.29) is 24.1 Å². The van der Waals surface area contributed by atoms with E-state index in [4.69, 9.17) is 0 Å². The summed E-state index contributed by atoms with van der Waals surface area (Å²) in [6, 6.07) is -0.315. The zero-order valence-corrected chi connectivity index (χ0v) is 6.89. The molecule has 1 aliphatic carbocycles. The number of hydrogen-bond donors (Lipinski definition) is 1. The van der Waals surface area contributed by atoms with Gasteiger partial charge in [0.15, 0.2) is 0 Å². The Morgan fingerprint density at radius 2 is 2.14 bits per heavy atom. The van der Waals surface area contributed by atoms with Crippen molar-refractivity contribution in [2.45, 2.75) is 18.8 Å². The Morgan fingerprint density at radius 3 is 2.64 bits per heavy atom. The molecule has 0 saturated carbocycles. The lowest BCUT2D eigenvalue weighted by atomic mass is 9.90. The molecule has 1 atom stereocenters. The molecule has 1 amide bonds. The van der Waals surface area contributed by atoms with Crippen molar-refractivity contribution in [1.29, 1.82) is 0 Å². The summed E-state index contributed by atoms with van der Waals surface area (Å²) in [5.41, 5.74) is 0.513. The van der Waals surface area contributed by atoms with Gasteiger partial charge in [-0.1, -0.05) is 0 Å². The number of carbonyl (C=O) groups excluding carboxylic acids is 1. The van der Waals surface area contributed by atoms with Crippen molar-refractivity contribution in [3.63, 3.8) is 0 Å². The van der Waals surface area contributed by atoms with Crippen molar-refractivity contribution >= 4 is 5.91 Å². The predicted molar refractivity (Wildman–Crippen MR) is 39.9 cm³/mol. The molecule has 0 spiro atoms. The van der Waals surface area contributed by atoms with Gasteiger partial charge in [-0.05, 0) is 12.2 Å². The molecule has 0 radical (unpaired) electrons. The minimum Gasteiger partial charge on any atom is -0.410 e. The average Bonchev–Trinajstić information content (AvgIpc) is 1.99. The summed E-state index contributed by atoms with van der Waals surface area (Å²) in [5.74, 6) is -0.399. The third kappa shape index (κ3) is 1.59. The van der Waals surface area contributed by atoms with Crippen LogP contribution in [0.1, 0.15) is 6.42 Å². The van der Waals surface area contributed by atoms with Crippen LogP contribution in [0.5, 0.6) is 0 Å². The Balaban J connectivity index is 2.07. The number of alkyl halides is 3. The molecule has 2 aliphatic rings. The summed E-state index contributed by atoms with van der Waals surface area (Å²) in [4.78, 5) is 10.8. The maximum absolute atomic E-state index is 11.8. The summed E-state index contributed by atoms with van der Waals surface area (Å²) in [7, 11) is 0. The number of carbonyl (C=O) groups is 1. The van der Waals surface area contributed by atoms with Crippen LogP contribution in [-0.4, -0.2) is 18.3 Å². The smallest absolute Gasteiger partial charge is 0.410 e. The Morgan fingerprint density at radius 1 is 1.43 bits per heavy atom. The number of nitrogens with one attached hydrogen (secondary N) is 1. The monoisotopic (exact) mass is 205 g/mol. The summed E-state index contributed by atoms with van der Waals surface area (Å²) < 4.78 is 39.1. The van der Waals surface area contributed by atoms with Crippen molar-refractivity contribution in [3.8, 4) is 0 Å². The highest BCUT2D eigenvalue weighted by atomic mass is 19.4. The van der Waals surface area contributed by atoms with Gasteiger partial charge >= 0.3 is 6.36 Å². The lowest BCUT2D eigenvalue weighted by Crippen LogP contribution is -2.52. The summed E-state index contributed by atoms with van der Waals surface area (Å²) in [5, 5.41) is 2.47. The van der Waals surface area contributed by atoms with E-state index in [0.29, 0.717) is 5.57 Å². The third-order valence-corrected chi connectivity index (χ3v) is 2.04. The molecule has 1 fully saturated rings. The predicted octanol–water partition coefficient (Wildman–Crippen LogP) is 1.24. The van der Waals surface area contributed by atoms with Crippen LogP contribution < -0.4 is 5.32 Å².